The number of benzene rings is 1. The molecule has 0 unspecified atom stereocenters. The molecule has 0 saturated heterocycles. The summed E-state index contributed by atoms with van der Waals surface area (Å²) < 4.78 is 19.7. The van der Waals surface area contributed by atoms with Gasteiger partial charge in [0.1, 0.15) is 5.82 Å². The van der Waals surface area contributed by atoms with Gasteiger partial charge in [-0.2, -0.15) is 0 Å². The summed E-state index contributed by atoms with van der Waals surface area (Å²) in [7, 11) is 0. The van der Waals surface area contributed by atoms with Crippen LogP contribution in [-0.2, 0) is 6.54 Å². The molecule has 4 nitrogen and oxygen atoms in total. The van der Waals surface area contributed by atoms with E-state index < -0.39 is 0 Å². The summed E-state index contributed by atoms with van der Waals surface area (Å²) in [5.74, 6) is 0.279. The average Bonchev–Trinajstić information content (AvgIpc) is 2.42. The number of aromatic nitrogens is 1. The van der Waals surface area contributed by atoms with Crippen LogP contribution < -0.4 is 15.8 Å². The molecule has 0 radical (unpaired) electrons. The molecule has 3 N–H and O–H groups in total. The Hall–Kier alpha value is -1.57. The van der Waals surface area contributed by atoms with E-state index in [4.69, 9.17) is 10.5 Å². The Kier molecular flexibility index (Phi) is 5.22. The van der Waals surface area contributed by atoms with Crippen LogP contribution in [0.5, 0.6) is 5.88 Å². The van der Waals surface area contributed by atoms with Crippen molar-refractivity contribution in [3.05, 3.63) is 45.4 Å². The molecule has 0 amide bonds. The van der Waals surface area contributed by atoms with Gasteiger partial charge in [-0.25, -0.2) is 9.37 Å². The number of rotatable bonds is 5. The van der Waals surface area contributed by atoms with E-state index >= 15 is 0 Å². The number of pyridine rings is 1. The number of hydrogen-bond acceptors (Lipinski definition) is 4. The maximum Gasteiger partial charge on any atom is 0.218 e. The van der Waals surface area contributed by atoms with Gasteiger partial charge in [0.15, 0.2) is 0 Å². The quantitative estimate of drug-likeness (QED) is 0.591. The van der Waals surface area contributed by atoms with E-state index in [-0.39, 0.29) is 11.9 Å². The molecule has 0 saturated carbocycles. The largest absolute Gasteiger partial charge is 0.475 e. The van der Waals surface area contributed by atoms with E-state index in [0.717, 1.165) is 5.56 Å². The zero-order valence-electron chi connectivity index (χ0n) is 11.9. The fraction of sp³-hybridized carbons (Fsp3) is 0.267. The van der Waals surface area contributed by atoms with E-state index in [2.05, 4.69) is 10.3 Å². The first-order chi connectivity index (χ1) is 9.97. The monoisotopic (exact) mass is 401 g/mol. The molecule has 2 rings (SSSR count). The number of nitrogens with one attached hydrogen (secondary N) is 1. The topological polar surface area (TPSA) is 60.2 Å². The van der Waals surface area contributed by atoms with Gasteiger partial charge >= 0.3 is 0 Å². The third-order valence-corrected chi connectivity index (χ3v) is 3.59. The van der Waals surface area contributed by atoms with Crippen LogP contribution in [0.2, 0.25) is 0 Å². The van der Waals surface area contributed by atoms with E-state index in [0.29, 0.717) is 27.4 Å². The Morgan fingerprint density at radius 2 is 2.19 bits per heavy atom. The number of ether oxygens (including phenoxy) is 1. The Labute approximate surface area is 137 Å². The molecule has 21 heavy (non-hydrogen) atoms. The van der Waals surface area contributed by atoms with Gasteiger partial charge < -0.3 is 15.8 Å². The summed E-state index contributed by atoms with van der Waals surface area (Å²) in [4.78, 5) is 4.22. The Balaban J connectivity index is 2.15. The predicted molar refractivity (Wildman–Crippen MR) is 90.9 cm³/mol. The van der Waals surface area contributed by atoms with Gasteiger partial charge in [0.05, 0.1) is 21.0 Å². The molecule has 6 heteroatoms. The van der Waals surface area contributed by atoms with Crippen molar-refractivity contribution in [1.82, 2.24) is 4.98 Å². The number of nitrogens with two attached hydrogens (primary N) is 1. The zero-order valence-corrected chi connectivity index (χ0v) is 14.0. The molecule has 0 aliphatic heterocycles. The first kappa shape index (κ1) is 15.8. The highest BCUT2D eigenvalue weighted by Crippen LogP contribution is 2.25. The molecule has 1 aromatic carbocycles. The predicted octanol–water partition coefficient (Wildman–Crippen LogP) is 3.81. The molecule has 0 aliphatic rings. The normalized spacial score (nSPS) is 10.7. The third-order valence-electron chi connectivity index (χ3n) is 2.76. The summed E-state index contributed by atoms with van der Waals surface area (Å²) in [5.41, 5.74) is 7.86. The minimum absolute atomic E-state index is 0.0412. The number of nitrogen functional groups attached to an aromatic ring is 1. The molecule has 0 bridgehead atoms. The van der Waals surface area contributed by atoms with Gasteiger partial charge in [-0.15, -0.1) is 0 Å². The maximum atomic E-state index is 13.6. The fourth-order valence-electron chi connectivity index (χ4n) is 1.79. The number of anilines is 2. The molecule has 1 aromatic heterocycles. The number of halogens is 2. The van der Waals surface area contributed by atoms with Crippen LogP contribution in [0.3, 0.4) is 0 Å². The van der Waals surface area contributed by atoms with Crippen LogP contribution in [0.15, 0.2) is 30.5 Å². The summed E-state index contributed by atoms with van der Waals surface area (Å²) >= 11 is 1.91. The van der Waals surface area contributed by atoms with Crippen LogP contribution in [0.25, 0.3) is 0 Å². The second-order valence-corrected chi connectivity index (χ2v) is 6.00. The van der Waals surface area contributed by atoms with Gasteiger partial charge in [-0.3, -0.25) is 0 Å². The molecule has 0 fully saturated rings. The van der Waals surface area contributed by atoms with Crippen molar-refractivity contribution in [2.24, 2.45) is 0 Å². The van der Waals surface area contributed by atoms with E-state index in [1.807, 2.05) is 48.6 Å². The smallest absolute Gasteiger partial charge is 0.218 e. The summed E-state index contributed by atoms with van der Waals surface area (Å²) in [6.45, 7) is 4.34. The third kappa shape index (κ3) is 4.20. The first-order valence-electron chi connectivity index (χ1n) is 6.56. The van der Waals surface area contributed by atoms with Crippen molar-refractivity contribution < 1.29 is 9.13 Å². The van der Waals surface area contributed by atoms with Crippen molar-refractivity contribution in [1.29, 1.82) is 0 Å². The first-order valence-corrected chi connectivity index (χ1v) is 7.64. The second-order valence-electron chi connectivity index (χ2n) is 4.84. The second kappa shape index (κ2) is 6.93. The van der Waals surface area contributed by atoms with Crippen LogP contribution in [0.1, 0.15) is 19.4 Å². The van der Waals surface area contributed by atoms with Crippen LogP contribution in [0.4, 0.5) is 15.8 Å². The molecule has 1 heterocycles. The fourth-order valence-corrected chi connectivity index (χ4v) is 2.28. The molecule has 112 valence electrons. The number of nitrogens with zero attached hydrogens (tertiary/aromatic N) is 1. The van der Waals surface area contributed by atoms with Crippen molar-refractivity contribution in [2.75, 3.05) is 11.1 Å². The Morgan fingerprint density at radius 3 is 2.90 bits per heavy atom. The molecular weight excluding hydrogens is 384 g/mol. The van der Waals surface area contributed by atoms with Gasteiger partial charge in [-0.05, 0) is 48.6 Å². The lowest BCUT2D eigenvalue weighted by Gasteiger charge is -2.15. The maximum absolute atomic E-state index is 13.6. The van der Waals surface area contributed by atoms with Crippen LogP contribution in [0, 0.1) is 9.39 Å². The highest BCUT2D eigenvalue weighted by Gasteiger charge is 2.09. The molecular formula is C15H17FIN3O. The van der Waals surface area contributed by atoms with Gasteiger partial charge in [0.2, 0.25) is 5.88 Å². The Bertz CT molecular complexity index is 634. The number of hydrogen-bond donors (Lipinski definition) is 2. The van der Waals surface area contributed by atoms with Crippen molar-refractivity contribution >= 4 is 34.0 Å². The molecule has 2 aromatic rings. The van der Waals surface area contributed by atoms with Crippen molar-refractivity contribution in [2.45, 2.75) is 26.5 Å². The van der Waals surface area contributed by atoms with E-state index in [1.54, 1.807) is 12.3 Å². The van der Waals surface area contributed by atoms with Gasteiger partial charge in [-0.1, -0.05) is 6.07 Å². The van der Waals surface area contributed by atoms with Crippen molar-refractivity contribution in [3.63, 3.8) is 0 Å². The lowest BCUT2D eigenvalue weighted by Crippen LogP contribution is -2.11. The van der Waals surface area contributed by atoms with Gasteiger partial charge in [0, 0.05) is 24.4 Å². The summed E-state index contributed by atoms with van der Waals surface area (Å²) in [5, 5.41) is 3.12. The Morgan fingerprint density at radius 1 is 1.43 bits per heavy atom. The van der Waals surface area contributed by atoms with Gasteiger partial charge in [0.25, 0.3) is 0 Å². The zero-order chi connectivity index (χ0) is 15.4. The van der Waals surface area contributed by atoms with Crippen LogP contribution >= 0.6 is 22.6 Å². The van der Waals surface area contributed by atoms with E-state index in [1.165, 1.54) is 6.07 Å². The molecule has 0 spiro atoms. The van der Waals surface area contributed by atoms with E-state index in [9.17, 15) is 4.39 Å². The standard InChI is InChI=1S/C15H17FIN3O/c1-9(2)21-15-10(4-3-5-19-15)8-20-14-6-11(16)12(17)7-13(14)18/h3-7,9,20H,8,18H2,1-2H3. The highest BCUT2D eigenvalue weighted by molar-refractivity contribution is 14.1. The summed E-state index contributed by atoms with van der Waals surface area (Å²) in [6.07, 6.45) is 1.72. The van der Waals surface area contributed by atoms with Crippen molar-refractivity contribution in [3.8, 4) is 5.88 Å². The lowest BCUT2D eigenvalue weighted by atomic mass is 10.2. The lowest BCUT2D eigenvalue weighted by molar-refractivity contribution is 0.230. The molecule has 0 aliphatic carbocycles. The minimum atomic E-state index is -0.294. The van der Waals surface area contributed by atoms with Crippen LogP contribution in [-0.4, -0.2) is 11.1 Å². The minimum Gasteiger partial charge on any atom is -0.475 e. The SMILES string of the molecule is CC(C)Oc1ncccc1CNc1cc(F)c(I)cc1N. The average molecular weight is 401 g/mol. The molecule has 0 atom stereocenters. The highest BCUT2D eigenvalue weighted by atomic mass is 127. The summed E-state index contributed by atoms with van der Waals surface area (Å²) in [6, 6.07) is 6.75.